The van der Waals surface area contributed by atoms with Gasteiger partial charge in [0.25, 0.3) is 5.69 Å². The van der Waals surface area contributed by atoms with Crippen LogP contribution in [0.2, 0.25) is 5.02 Å². The average molecular weight is 545 g/mol. The summed E-state index contributed by atoms with van der Waals surface area (Å²) in [5.74, 6) is 0.465. The Kier molecular flexibility index (Phi) is 10.2. The van der Waals surface area contributed by atoms with Crippen LogP contribution in [0.3, 0.4) is 0 Å². The molecule has 0 saturated carbocycles. The molecule has 6 nitrogen and oxygen atoms in total. The molecule has 0 amide bonds. The number of anilines is 1. The lowest BCUT2D eigenvalue weighted by Crippen LogP contribution is -2.22. The van der Waals surface area contributed by atoms with Crippen LogP contribution < -0.4 is 15.4 Å². The molecule has 32 heavy (non-hydrogen) atoms. The van der Waals surface area contributed by atoms with Gasteiger partial charge in [0.15, 0.2) is 0 Å². The summed E-state index contributed by atoms with van der Waals surface area (Å²) in [4.78, 5) is 10.3. The van der Waals surface area contributed by atoms with Gasteiger partial charge in [0.1, 0.15) is 18.2 Å². The van der Waals surface area contributed by atoms with Gasteiger partial charge < -0.3 is 15.4 Å². The first-order valence-corrected chi connectivity index (χ1v) is 10.6. The lowest BCUT2D eigenvalue weighted by atomic mass is 10.2. The number of rotatable bonds is 10. The molecule has 0 fully saturated rings. The normalized spacial score (nSPS) is 10.3. The van der Waals surface area contributed by atoms with Crippen molar-refractivity contribution in [3.63, 3.8) is 0 Å². The van der Waals surface area contributed by atoms with Gasteiger partial charge in [-0.25, -0.2) is 4.39 Å². The van der Waals surface area contributed by atoms with E-state index in [0.717, 1.165) is 21.3 Å². The van der Waals surface area contributed by atoms with Gasteiger partial charge in [-0.05, 0) is 42.0 Å². The van der Waals surface area contributed by atoms with E-state index in [9.17, 15) is 14.5 Å². The fourth-order valence-corrected chi connectivity index (χ4v) is 3.49. The highest BCUT2D eigenvalue weighted by Crippen LogP contribution is 2.26. The lowest BCUT2D eigenvalue weighted by Gasteiger charge is -2.14. The largest absolute Gasteiger partial charge is 0.489 e. The smallest absolute Gasteiger partial charge is 0.271 e. The maximum atomic E-state index is 13.0. The first-order valence-electron chi connectivity index (χ1n) is 9.46. The summed E-state index contributed by atoms with van der Waals surface area (Å²) >= 11 is 9.56. The van der Waals surface area contributed by atoms with E-state index in [2.05, 4.69) is 26.6 Å². The summed E-state index contributed by atoms with van der Waals surface area (Å²) in [5, 5.41) is 17.6. The van der Waals surface area contributed by atoms with E-state index in [-0.39, 0.29) is 23.9 Å². The average Bonchev–Trinajstić information content (AvgIpc) is 2.75. The first kappa shape index (κ1) is 25.9. The van der Waals surface area contributed by atoms with Gasteiger partial charge in [-0.15, -0.1) is 12.4 Å². The van der Waals surface area contributed by atoms with E-state index in [0.29, 0.717) is 37.0 Å². The maximum absolute atomic E-state index is 13.0. The van der Waals surface area contributed by atoms with Gasteiger partial charge in [0.2, 0.25) is 0 Å². The number of benzene rings is 3. The summed E-state index contributed by atoms with van der Waals surface area (Å²) in [6.07, 6.45) is 0. The Bertz CT molecular complexity index is 1060. The molecule has 0 saturated heterocycles. The summed E-state index contributed by atoms with van der Waals surface area (Å²) in [7, 11) is 0. The zero-order valence-electron chi connectivity index (χ0n) is 16.8. The van der Waals surface area contributed by atoms with Gasteiger partial charge in [-0.1, -0.05) is 39.7 Å². The number of hydrogen-bond donors (Lipinski definition) is 2. The van der Waals surface area contributed by atoms with Crippen molar-refractivity contribution in [2.45, 2.75) is 13.2 Å². The molecule has 3 aromatic rings. The zero-order chi connectivity index (χ0) is 22.2. The number of non-ortho nitro benzene ring substituents is 1. The Balaban J connectivity index is 0.00000363. The van der Waals surface area contributed by atoms with Crippen molar-refractivity contribution in [2.24, 2.45) is 0 Å². The summed E-state index contributed by atoms with van der Waals surface area (Å²) in [5.41, 5.74) is 2.45. The second kappa shape index (κ2) is 12.6. The molecule has 0 bridgehead atoms. The second-order valence-electron chi connectivity index (χ2n) is 6.69. The molecule has 0 atom stereocenters. The van der Waals surface area contributed by atoms with Crippen LogP contribution in [0.25, 0.3) is 0 Å². The van der Waals surface area contributed by atoms with Gasteiger partial charge in [0, 0.05) is 41.8 Å². The molecule has 0 aliphatic heterocycles. The van der Waals surface area contributed by atoms with E-state index in [1.165, 1.54) is 24.3 Å². The predicted octanol–water partition coefficient (Wildman–Crippen LogP) is 6.35. The molecular weight excluding hydrogens is 524 g/mol. The highest BCUT2D eigenvalue weighted by Gasteiger charge is 2.09. The Labute approximate surface area is 204 Å². The number of nitro benzene ring substituents is 1. The Morgan fingerprint density at radius 3 is 2.50 bits per heavy atom. The fourth-order valence-electron chi connectivity index (χ4n) is 2.84. The van der Waals surface area contributed by atoms with Crippen LogP contribution in [0.15, 0.2) is 65.1 Å². The quantitative estimate of drug-likeness (QED) is 0.176. The molecule has 170 valence electrons. The highest BCUT2D eigenvalue weighted by molar-refractivity contribution is 9.10. The minimum Gasteiger partial charge on any atom is -0.489 e. The SMILES string of the molecule is Cl.O=[N+]([O-])c1ccc(NCCNCc2cc(Br)ccc2OCc2ccc(F)cc2)c(Cl)c1. The molecule has 0 aromatic heterocycles. The fraction of sp³-hybridized carbons (Fsp3) is 0.182. The van der Waals surface area contributed by atoms with Crippen molar-refractivity contribution in [2.75, 3.05) is 18.4 Å². The second-order valence-corrected chi connectivity index (χ2v) is 8.01. The van der Waals surface area contributed by atoms with Crippen LogP contribution in [0.5, 0.6) is 5.75 Å². The molecule has 0 heterocycles. The van der Waals surface area contributed by atoms with Gasteiger partial charge in [0.05, 0.1) is 15.6 Å². The summed E-state index contributed by atoms with van der Waals surface area (Å²) < 4.78 is 19.9. The number of hydrogen-bond acceptors (Lipinski definition) is 5. The molecule has 3 rings (SSSR count). The molecule has 10 heteroatoms. The van der Waals surface area contributed by atoms with Crippen molar-refractivity contribution in [1.82, 2.24) is 5.32 Å². The summed E-state index contributed by atoms with van der Waals surface area (Å²) in [6, 6.07) is 16.3. The highest BCUT2D eigenvalue weighted by atomic mass is 79.9. The summed E-state index contributed by atoms with van der Waals surface area (Å²) in [6.45, 7) is 2.14. The lowest BCUT2D eigenvalue weighted by molar-refractivity contribution is -0.384. The van der Waals surface area contributed by atoms with Gasteiger partial charge in [-0.2, -0.15) is 0 Å². The molecule has 0 aliphatic rings. The van der Waals surface area contributed by atoms with E-state index in [1.807, 2.05) is 18.2 Å². The van der Waals surface area contributed by atoms with E-state index >= 15 is 0 Å². The van der Waals surface area contributed by atoms with Crippen LogP contribution in [0.4, 0.5) is 15.8 Å². The minimum absolute atomic E-state index is 0. The topological polar surface area (TPSA) is 76.4 Å². The number of ether oxygens (including phenoxy) is 1. The monoisotopic (exact) mass is 543 g/mol. The number of nitrogens with one attached hydrogen (secondary N) is 2. The Hall–Kier alpha value is -2.39. The third kappa shape index (κ3) is 7.63. The van der Waals surface area contributed by atoms with Gasteiger partial charge >= 0.3 is 0 Å². The van der Waals surface area contributed by atoms with Crippen molar-refractivity contribution >= 4 is 51.3 Å². The molecule has 0 unspecified atom stereocenters. The molecule has 0 radical (unpaired) electrons. The van der Waals surface area contributed by atoms with Crippen LogP contribution >= 0.6 is 39.9 Å². The first-order chi connectivity index (χ1) is 14.9. The minimum atomic E-state index is -0.481. The zero-order valence-corrected chi connectivity index (χ0v) is 20.0. The van der Waals surface area contributed by atoms with E-state index in [4.69, 9.17) is 16.3 Å². The number of nitrogens with zero attached hydrogens (tertiary/aromatic N) is 1. The molecule has 0 aliphatic carbocycles. The van der Waals surface area contributed by atoms with Crippen LogP contribution in [0.1, 0.15) is 11.1 Å². The van der Waals surface area contributed by atoms with E-state index in [1.54, 1.807) is 18.2 Å². The number of halogens is 4. The van der Waals surface area contributed by atoms with Crippen LogP contribution in [-0.4, -0.2) is 18.0 Å². The third-order valence-electron chi connectivity index (χ3n) is 4.43. The number of nitro groups is 1. The van der Waals surface area contributed by atoms with E-state index < -0.39 is 4.92 Å². The molecule has 0 spiro atoms. The Morgan fingerprint density at radius 1 is 1.06 bits per heavy atom. The van der Waals surface area contributed by atoms with Crippen LogP contribution in [-0.2, 0) is 13.2 Å². The van der Waals surface area contributed by atoms with Crippen molar-refractivity contribution < 1.29 is 14.1 Å². The molecular formula is C22H21BrCl2FN3O3. The maximum Gasteiger partial charge on any atom is 0.271 e. The van der Waals surface area contributed by atoms with Gasteiger partial charge in [-0.3, -0.25) is 10.1 Å². The van der Waals surface area contributed by atoms with Crippen LogP contribution in [0, 0.1) is 15.9 Å². The third-order valence-corrected chi connectivity index (χ3v) is 5.23. The Morgan fingerprint density at radius 2 is 1.81 bits per heavy atom. The van der Waals surface area contributed by atoms with Crippen molar-refractivity contribution in [1.29, 1.82) is 0 Å². The van der Waals surface area contributed by atoms with Crippen molar-refractivity contribution in [3.05, 3.63) is 97.2 Å². The predicted molar refractivity (Wildman–Crippen MR) is 130 cm³/mol. The van der Waals surface area contributed by atoms with Crippen molar-refractivity contribution in [3.8, 4) is 5.75 Å². The standard InChI is InChI=1S/C22H20BrClFN3O3.ClH/c23-17-3-8-22(31-14-15-1-4-18(25)5-2-15)16(11-17)13-26-9-10-27-21-7-6-19(28(29)30)12-20(21)24;/h1-8,11-12,26-27H,9-10,13-14H2;1H. The molecule has 2 N–H and O–H groups in total. The molecule has 3 aromatic carbocycles.